The first kappa shape index (κ1) is 5.62. The third-order valence-corrected chi connectivity index (χ3v) is 1.21. The van der Waals surface area contributed by atoms with E-state index in [-0.39, 0.29) is 0 Å². The average molecular weight is 178 g/mol. The zero-order valence-electron chi connectivity index (χ0n) is 4.22. The van der Waals surface area contributed by atoms with Gasteiger partial charge in [-0.05, 0) is 15.9 Å². The van der Waals surface area contributed by atoms with Gasteiger partial charge in [0, 0.05) is 0 Å². The Hall–Kier alpha value is -0.510. The summed E-state index contributed by atoms with van der Waals surface area (Å²) in [4.78, 5) is 0. The molecule has 0 bridgehead atoms. The first-order valence-electron chi connectivity index (χ1n) is 1.98. The lowest BCUT2D eigenvalue weighted by Gasteiger charge is -1.87. The van der Waals surface area contributed by atoms with Crippen LogP contribution in [0.4, 0.5) is 0 Å². The molecule has 0 N–H and O–H groups in total. The van der Waals surface area contributed by atoms with Crippen LogP contribution in [0.15, 0.2) is 15.2 Å². The van der Waals surface area contributed by atoms with Crippen molar-refractivity contribution in [1.82, 2.24) is 5.16 Å². The summed E-state index contributed by atoms with van der Waals surface area (Å²) in [5.74, 6) is 0.407. The van der Waals surface area contributed by atoms with E-state index in [0.717, 1.165) is 4.47 Å². The smallest absolute Gasteiger partial charge is 0.325 e. The van der Waals surface area contributed by atoms with Gasteiger partial charge in [0.25, 0.3) is 0 Å². The minimum Gasteiger partial charge on any atom is -0.466 e. The van der Waals surface area contributed by atoms with Gasteiger partial charge in [0.15, 0.2) is 0 Å². The van der Waals surface area contributed by atoms with E-state index in [1.807, 2.05) is 0 Å². The number of hydrogen-bond donors (Lipinski definition) is 0. The fourth-order valence-electron chi connectivity index (χ4n) is 0.352. The van der Waals surface area contributed by atoms with Crippen LogP contribution < -0.4 is 4.74 Å². The first-order valence-corrected chi connectivity index (χ1v) is 2.78. The Labute approximate surface area is 54.7 Å². The largest absolute Gasteiger partial charge is 0.466 e. The first-order chi connectivity index (χ1) is 3.84. The molecule has 0 amide bonds. The number of halogens is 1. The number of ether oxygens (including phenoxy) is 1. The second-order valence-corrected chi connectivity index (χ2v) is 2.02. The summed E-state index contributed by atoms with van der Waals surface area (Å²) >= 11 is 3.15. The molecule has 44 valence electrons. The van der Waals surface area contributed by atoms with E-state index >= 15 is 0 Å². The number of aromatic nitrogens is 1. The summed E-state index contributed by atoms with van der Waals surface area (Å²) in [6.45, 7) is 0. The summed E-state index contributed by atoms with van der Waals surface area (Å²) in [5.41, 5.74) is 0. The summed E-state index contributed by atoms with van der Waals surface area (Å²) in [5, 5.41) is 3.45. The summed E-state index contributed by atoms with van der Waals surface area (Å²) in [7, 11) is 1.52. The zero-order chi connectivity index (χ0) is 5.98. The standard InChI is InChI=1S/C4H4BrNO2/c1-7-4-3(5)2-6-8-4/h2H,1H3. The zero-order valence-corrected chi connectivity index (χ0v) is 5.81. The van der Waals surface area contributed by atoms with Crippen LogP contribution in [0, 0.1) is 0 Å². The molecule has 3 nitrogen and oxygen atoms in total. The predicted molar refractivity (Wildman–Crippen MR) is 30.8 cm³/mol. The van der Waals surface area contributed by atoms with Gasteiger partial charge in [-0.25, -0.2) is 0 Å². The lowest BCUT2D eigenvalue weighted by molar-refractivity contribution is 0.259. The molecule has 8 heavy (non-hydrogen) atoms. The van der Waals surface area contributed by atoms with Crippen molar-refractivity contribution >= 4 is 15.9 Å². The van der Waals surface area contributed by atoms with Crippen LogP contribution in [0.25, 0.3) is 0 Å². The molecular formula is C4H4BrNO2. The highest BCUT2D eigenvalue weighted by Crippen LogP contribution is 2.22. The maximum absolute atomic E-state index is 4.71. The van der Waals surface area contributed by atoms with E-state index in [4.69, 9.17) is 4.74 Å². The third-order valence-electron chi connectivity index (χ3n) is 0.682. The molecule has 0 unspecified atom stereocenters. The molecule has 0 aliphatic heterocycles. The molecule has 0 aliphatic rings. The Morgan fingerprint density at radius 3 is 2.88 bits per heavy atom. The number of hydrogen-bond acceptors (Lipinski definition) is 3. The maximum atomic E-state index is 4.71. The Kier molecular flexibility index (Phi) is 1.53. The number of nitrogens with zero attached hydrogens (tertiary/aromatic N) is 1. The van der Waals surface area contributed by atoms with Crippen molar-refractivity contribution in [2.24, 2.45) is 0 Å². The van der Waals surface area contributed by atoms with Gasteiger partial charge in [-0.15, -0.1) is 0 Å². The van der Waals surface area contributed by atoms with Gasteiger partial charge < -0.3 is 9.26 Å². The Bertz CT molecular complexity index is 174. The second-order valence-electron chi connectivity index (χ2n) is 1.17. The lowest BCUT2D eigenvalue weighted by atomic mass is 10.7. The molecule has 0 atom stereocenters. The second kappa shape index (κ2) is 2.17. The highest BCUT2D eigenvalue weighted by atomic mass is 79.9. The molecule has 0 aromatic carbocycles. The number of rotatable bonds is 1. The Balaban J connectivity index is 2.92. The number of methoxy groups -OCH3 is 1. The van der Waals surface area contributed by atoms with Crippen LogP contribution in [0.5, 0.6) is 5.95 Å². The molecule has 1 aromatic heterocycles. The topological polar surface area (TPSA) is 35.3 Å². The fourth-order valence-corrected chi connectivity index (χ4v) is 0.669. The molecule has 0 saturated carbocycles. The molecule has 0 radical (unpaired) electrons. The minimum absolute atomic E-state index is 0.407. The summed E-state index contributed by atoms with van der Waals surface area (Å²) < 4.78 is 10.0. The van der Waals surface area contributed by atoms with Crippen molar-refractivity contribution < 1.29 is 9.26 Å². The minimum atomic E-state index is 0.407. The molecule has 0 saturated heterocycles. The molecule has 1 rings (SSSR count). The van der Waals surface area contributed by atoms with E-state index in [1.165, 1.54) is 13.3 Å². The van der Waals surface area contributed by atoms with Crippen LogP contribution >= 0.6 is 15.9 Å². The Morgan fingerprint density at radius 1 is 1.88 bits per heavy atom. The molecule has 0 fully saturated rings. The van der Waals surface area contributed by atoms with Gasteiger partial charge in [0.05, 0.1) is 13.3 Å². The van der Waals surface area contributed by atoms with Crippen molar-refractivity contribution in [2.75, 3.05) is 7.11 Å². The van der Waals surface area contributed by atoms with Crippen molar-refractivity contribution in [2.45, 2.75) is 0 Å². The molecular weight excluding hydrogens is 174 g/mol. The van der Waals surface area contributed by atoms with E-state index in [2.05, 4.69) is 25.6 Å². The molecule has 0 spiro atoms. The predicted octanol–water partition coefficient (Wildman–Crippen LogP) is 1.45. The Morgan fingerprint density at radius 2 is 2.62 bits per heavy atom. The van der Waals surface area contributed by atoms with Crippen molar-refractivity contribution in [3.8, 4) is 5.95 Å². The van der Waals surface area contributed by atoms with Crippen LogP contribution in [-0.4, -0.2) is 12.3 Å². The normalized spacial score (nSPS) is 9.25. The quantitative estimate of drug-likeness (QED) is 0.652. The van der Waals surface area contributed by atoms with Gasteiger partial charge in [0.2, 0.25) is 0 Å². The van der Waals surface area contributed by atoms with E-state index in [9.17, 15) is 0 Å². The van der Waals surface area contributed by atoms with Crippen LogP contribution in [0.1, 0.15) is 0 Å². The van der Waals surface area contributed by atoms with Crippen molar-refractivity contribution in [1.29, 1.82) is 0 Å². The van der Waals surface area contributed by atoms with E-state index < -0.39 is 0 Å². The molecule has 1 aromatic rings. The molecule has 0 aliphatic carbocycles. The maximum Gasteiger partial charge on any atom is 0.325 e. The van der Waals surface area contributed by atoms with Gasteiger partial charge in [-0.1, -0.05) is 5.16 Å². The van der Waals surface area contributed by atoms with Crippen molar-refractivity contribution in [3.05, 3.63) is 10.7 Å². The average Bonchev–Trinajstić information content (AvgIpc) is 2.14. The highest BCUT2D eigenvalue weighted by Gasteiger charge is 2.01. The van der Waals surface area contributed by atoms with Gasteiger partial charge in [-0.3, -0.25) is 0 Å². The summed E-state index contributed by atoms with van der Waals surface area (Å²) in [6, 6.07) is 0. The monoisotopic (exact) mass is 177 g/mol. The lowest BCUT2D eigenvalue weighted by Crippen LogP contribution is -1.77. The SMILES string of the molecule is COc1oncc1Br. The van der Waals surface area contributed by atoms with Gasteiger partial charge in [-0.2, -0.15) is 0 Å². The van der Waals surface area contributed by atoms with Crippen LogP contribution in [-0.2, 0) is 0 Å². The van der Waals surface area contributed by atoms with E-state index in [0.29, 0.717) is 5.95 Å². The van der Waals surface area contributed by atoms with Crippen LogP contribution in [0.2, 0.25) is 0 Å². The summed E-state index contributed by atoms with van der Waals surface area (Å²) in [6.07, 6.45) is 1.53. The van der Waals surface area contributed by atoms with Crippen LogP contribution in [0.3, 0.4) is 0 Å². The van der Waals surface area contributed by atoms with Crippen molar-refractivity contribution in [3.63, 3.8) is 0 Å². The van der Waals surface area contributed by atoms with Gasteiger partial charge >= 0.3 is 5.95 Å². The molecule has 4 heteroatoms. The fraction of sp³-hybridized carbons (Fsp3) is 0.250. The molecule has 1 heterocycles. The van der Waals surface area contributed by atoms with E-state index in [1.54, 1.807) is 0 Å². The van der Waals surface area contributed by atoms with Gasteiger partial charge in [0.1, 0.15) is 4.47 Å². The third kappa shape index (κ3) is 0.838. The highest BCUT2D eigenvalue weighted by molar-refractivity contribution is 9.10.